The van der Waals surface area contributed by atoms with Crippen LogP contribution in [-0.4, -0.2) is 96.7 Å². The molecule has 5 atom stereocenters. The third-order valence-electron chi connectivity index (χ3n) is 18.3. The number of phosphoric acid groups is 2. The Kier molecular flexibility index (Phi) is 71.5. The first-order chi connectivity index (χ1) is 47.7. The van der Waals surface area contributed by atoms with Gasteiger partial charge in [-0.15, -0.1) is 0 Å². The lowest BCUT2D eigenvalue weighted by atomic mass is 10.0. The Bertz CT molecular complexity index is 1910. The number of carbonyl (C=O) groups is 4. The van der Waals surface area contributed by atoms with E-state index in [1.165, 1.54) is 231 Å². The molecule has 0 aromatic heterocycles. The van der Waals surface area contributed by atoms with Crippen LogP contribution >= 0.6 is 15.6 Å². The zero-order valence-corrected chi connectivity index (χ0v) is 65.3. The molecular weight excluding hydrogens is 1280 g/mol. The molecule has 0 aromatic rings. The Hall–Kier alpha value is -2.20. The predicted molar refractivity (Wildman–Crippen MR) is 400 cm³/mol. The molecule has 2 unspecified atom stereocenters. The van der Waals surface area contributed by atoms with Gasteiger partial charge in [-0.1, -0.05) is 348 Å². The number of hydrogen-bond acceptors (Lipinski definition) is 15. The third-order valence-corrected chi connectivity index (χ3v) is 20.2. The highest BCUT2D eigenvalue weighted by molar-refractivity contribution is 7.47. The molecule has 0 rings (SSSR count). The SMILES string of the molecule is CCCCCC/C=C\CCCCCCCCCC(=O)OC[C@H](COP(=O)(O)OC[C@@H](O)COP(=O)(O)OC[C@@H](COC(=O)CCCCCCCCCCCCCCCCC)OC(=O)CCCCCCCCCCCCCCC)OC(=O)CCCCCCCCCCCCCCCCC. The number of allylic oxidation sites excluding steroid dienone is 2. The van der Waals surface area contributed by atoms with Gasteiger partial charge < -0.3 is 33.8 Å². The van der Waals surface area contributed by atoms with Gasteiger partial charge in [0.05, 0.1) is 26.4 Å². The average molecular weight is 1440 g/mol. The van der Waals surface area contributed by atoms with Crippen LogP contribution in [0.3, 0.4) is 0 Å². The quantitative estimate of drug-likeness (QED) is 0.0169. The number of ether oxygens (including phenoxy) is 4. The molecule has 0 amide bonds. The number of aliphatic hydroxyl groups excluding tert-OH is 1. The minimum Gasteiger partial charge on any atom is -0.462 e. The summed E-state index contributed by atoms with van der Waals surface area (Å²) in [5.74, 6) is -2.12. The second-order valence-electron chi connectivity index (χ2n) is 28.1. The van der Waals surface area contributed by atoms with Crippen molar-refractivity contribution in [1.82, 2.24) is 0 Å². The molecule has 0 fully saturated rings. The van der Waals surface area contributed by atoms with Gasteiger partial charge >= 0.3 is 39.5 Å². The number of hydrogen-bond donors (Lipinski definition) is 3. The smallest absolute Gasteiger partial charge is 0.462 e. The maximum Gasteiger partial charge on any atom is 0.472 e. The summed E-state index contributed by atoms with van der Waals surface area (Å²) in [4.78, 5) is 73.0. The second kappa shape index (κ2) is 73.1. The van der Waals surface area contributed by atoms with E-state index in [1.807, 2.05) is 0 Å². The van der Waals surface area contributed by atoms with E-state index in [2.05, 4.69) is 39.8 Å². The van der Waals surface area contributed by atoms with Crippen molar-refractivity contribution >= 4 is 39.5 Å². The van der Waals surface area contributed by atoms with Gasteiger partial charge in [0.15, 0.2) is 12.2 Å². The standard InChI is InChI=1S/C79H152O17P2/c1-5-9-13-17-21-25-29-33-36-40-43-47-51-55-59-63-76(81)89-69-74(95-78(83)65-61-57-53-49-45-39-32-28-24-20-16-12-8-4)71-93-97(85,86)91-67-73(80)68-92-98(87,88)94-72-75(96-79(84)66-62-58-54-50-46-42-38-35-31-27-23-19-15-11-7-3)70-90-77(82)64-60-56-52-48-44-41-37-34-30-26-22-18-14-10-6-2/h26,30,73-75,80H,5-25,27-29,31-72H2,1-4H3,(H,85,86)(H,87,88)/b30-26-/t73-,74+,75+/m0/s1. The van der Waals surface area contributed by atoms with Gasteiger partial charge in [0.1, 0.15) is 19.3 Å². The number of esters is 4. The topological polar surface area (TPSA) is 237 Å². The van der Waals surface area contributed by atoms with E-state index in [0.717, 1.165) is 103 Å². The van der Waals surface area contributed by atoms with Crippen LogP contribution in [0.4, 0.5) is 0 Å². The Morgan fingerprint density at radius 3 is 0.714 bits per heavy atom. The Morgan fingerprint density at radius 2 is 0.469 bits per heavy atom. The van der Waals surface area contributed by atoms with Crippen LogP contribution < -0.4 is 0 Å². The molecule has 0 aromatic carbocycles. The maximum atomic E-state index is 13.1. The van der Waals surface area contributed by atoms with Crippen LogP contribution in [0.25, 0.3) is 0 Å². The van der Waals surface area contributed by atoms with Crippen molar-refractivity contribution in [3.63, 3.8) is 0 Å². The van der Waals surface area contributed by atoms with Crippen molar-refractivity contribution < 1.29 is 80.2 Å². The Balaban J connectivity index is 5.27. The fourth-order valence-corrected chi connectivity index (χ4v) is 13.6. The molecule has 0 bridgehead atoms. The van der Waals surface area contributed by atoms with Crippen molar-refractivity contribution in [1.29, 1.82) is 0 Å². The Morgan fingerprint density at radius 1 is 0.276 bits per heavy atom. The van der Waals surface area contributed by atoms with E-state index in [0.29, 0.717) is 25.7 Å². The number of phosphoric ester groups is 2. The molecule has 0 spiro atoms. The van der Waals surface area contributed by atoms with Crippen LogP contribution in [0.1, 0.15) is 413 Å². The molecule has 17 nitrogen and oxygen atoms in total. The van der Waals surface area contributed by atoms with Crippen LogP contribution in [0.15, 0.2) is 12.2 Å². The number of carbonyl (C=O) groups excluding carboxylic acids is 4. The highest BCUT2D eigenvalue weighted by atomic mass is 31.2. The molecule has 0 heterocycles. The summed E-state index contributed by atoms with van der Waals surface area (Å²) in [6, 6.07) is 0. The number of unbranched alkanes of at least 4 members (excludes halogenated alkanes) is 51. The summed E-state index contributed by atoms with van der Waals surface area (Å²) in [6.45, 7) is 4.99. The normalized spacial score (nSPS) is 13.9. The molecule has 0 saturated carbocycles. The van der Waals surface area contributed by atoms with E-state index in [9.17, 15) is 43.2 Å². The van der Waals surface area contributed by atoms with E-state index in [-0.39, 0.29) is 25.7 Å². The molecule has 98 heavy (non-hydrogen) atoms. The van der Waals surface area contributed by atoms with Gasteiger partial charge in [-0.25, -0.2) is 9.13 Å². The summed E-state index contributed by atoms with van der Waals surface area (Å²) in [7, 11) is -9.92. The lowest BCUT2D eigenvalue weighted by Gasteiger charge is -2.21. The summed E-state index contributed by atoms with van der Waals surface area (Å²) in [5.41, 5.74) is 0. The second-order valence-corrected chi connectivity index (χ2v) is 31.0. The number of rotatable bonds is 79. The average Bonchev–Trinajstić information content (AvgIpc) is 1.04. The summed E-state index contributed by atoms with van der Waals surface area (Å²) >= 11 is 0. The molecule has 0 aliphatic heterocycles. The van der Waals surface area contributed by atoms with Gasteiger partial charge in [0.2, 0.25) is 0 Å². The fourth-order valence-electron chi connectivity index (χ4n) is 12.0. The zero-order valence-electron chi connectivity index (χ0n) is 63.5. The van der Waals surface area contributed by atoms with Crippen LogP contribution in [0.5, 0.6) is 0 Å². The molecule has 0 aliphatic carbocycles. The van der Waals surface area contributed by atoms with Crippen molar-refractivity contribution in [2.24, 2.45) is 0 Å². The first-order valence-electron chi connectivity index (χ1n) is 40.9. The monoisotopic (exact) mass is 1440 g/mol. The van der Waals surface area contributed by atoms with E-state index in [1.54, 1.807) is 0 Å². The third kappa shape index (κ3) is 72.2. The summed E-state index contributed by atoms with van der Waals surface area (Å²) < 4.78 is 68.7. The fraction of sp³-hybridized carbons (Fsp3) is 0.924. The molecule has 0 aliphatic rings. The Labute approximate surface area is 600 Å². The van der Waals surface area contributed by atoms with E-state index >= 15 is 0 Å². The first kappa shape index (κ1) is 95.8. The highest BCUT2D eigenvalue weighted by Crippen LogP contribution is 2.45. The molecule has 0 radical (unpaired) electrons. The molecular formula is C79H152O17P2. The minimum absolute atomic E-state index is 0.106. The van der Waals surface area contributed by atoms with Crippen molar-refractivity contribution in [3.8, 4) is 0 Å². The largest absolute Gasteiger partial charge is 0.472 e. The van der Waals surface area contributed by atoms with Gasteiger partial charge in [-0.3, -0.25) is 37.3 Å². The van der Waals surface area contributed by atoms with Crippen LogP contribution in [-0.2, 0) is 65.4 Å². The molecule has 580 valence electrons. The summed E-state index contributed by atoms with van der Waals surface area (Å²) in [5, 5.41) is 10.6. The lowest BCUT2D eigenvalue weighted by Crippen LogP contribution is -2.30. The van der Waals surface area contributed by atoms with Gasteiger partial charge in [-0.2, -0.15) is 0 Å². The van der Waals surface area contributed by atoms with Gasteiger partial charge in [0, 0.05) is 25.7 Å². The predicted octanol–water partition coefficient (Wildman–Crippen LogP) is 23.6. The van der Waals surface area contributed by atoms with Crippen molar-refractivity contribution in [2.45, 2.75) is 431 Å². The van der Waals surface area contributed by atoms with E-state index in [4.69, 9.17) is 37.0 Å². The van der Waals surface area contributed by atoms with Crippen molar-refractivity contribution in [2.75, 3.05) is 39.6 Å². The maximum absolute atomic E-state index is 13.1. The van der Waals surface area contributed by atoms with Crippen LogP contribution in [0, 0.1) is 0 Å². The highest BCUT2D eigenvalue weighted by Gasteiger charge is 2.30. The van der Waals surface area contributed by atoms with Crippen molar-refractivity contribution in [3.05, 3.63) is 12.2 Å². The number of aliphatic hydroxyl groups is 1. The summed E-state index contributed by atoms with van der Waals surface area (Å²) in [6.07, 6.45) is 66.0. The molecule has 19 heteroatoms. The van der Waals surface area contributed by atoms with Gasteiger partial charge in [-0.05, 0) is 51.4 Å². The van der Waals surface area contributed by atoms with Gasteiger partial charge in [0.25, 0.3) is 0 Å². The van der Waals surface area contributed by atoms with E-state index < -0.39 is 97.5 Å². The zero-order chi connectivity index (χ0) is 71.8. The lowest BCUT2D eigenvalue weighted by molar-refractivity contribution is -0.161. The molecule has 3 N–H and O–H groups in total. The minimum atomic E-state index is -4.96. The van der Waals surface area contributed by atoms with Crippen LogP contribution in [0.2, 0.25) is 0 Å². The molecule has 0 saturated heterocycles. The first-order valence-corrected chi connectivity index (χ1v) is 43.9.